The molecule has 0 aromatic rings. The maximum absolute atomic E-state index is 5.82. The average molecular weight is 184 g/mol. The van der Waals surface area contributed by atoms with Gasteiger partial charge in [0.2, 0.25) is 0 Å². The highest BCUT2D eigenvalue weighted by molar-refractivity contribution is 4.86. The van der Waals surface area contributed by atoms with Gasteiger partial charge in [0.15, 0.2) is 5.79 Å². The third-order valence-electron chi connectivity index (χ3n) is 3.36. The van der Waals surface area contributed by atoms with Crippen molar-refractivity contribution < 1.29 is 9.47 Å². The minimum atomic E-state index is -0.158. The summed E-state index contributed by atoms with van der Waals surface area (Å²) in [6.45, 7) is 3.86. The van der Waals surface area contributed by atoms with Crippen LogP contribution in [0.4, 0.5) is 0 Å². The lowest BCUT2D eigenvalue weighted by molar-refractivity contribution is -0.213. The van der Waals surface area contributed by atoms with Crippen LogP contribution in [-0.4, -0.2) is 19.0 Å². The van der Waals surface area contributed by atoms with Crippen LogP contribution in [0.25, 0.3) is 0 Å². The monoisotopic (exact) mass is 184 g/mol. The van der Waals surface area contributed by atoms with Crippen LogP contribution in [0, 0.1) is 5.92 Å². The summed E-state index contributed by atoms with van der Waals surface area (Å²) >= 11 is 0. The molecule has 2 aliphatic rings. The Morgan fingerprint density at radius 1 is 1.23 bits per heavy atom. The van der Waals surface area contributed by atoms with Crippen LogP contribution in [0.1, 0.15) is 45.4 Å². The lowest BCUT2D eigenvalue weighted by Crippen LogP contribution is -2.41. The maximum Gasteiger partial charge on any atom is 0.171 e. The first-order valence-corrected chi connectivity index (χ1v) is 5.65. The summed E-state index contributed by atoms with van der Waals surface area (Å²) in [4.78, 5) is 0. The highest BCUT2D eigenvalue weighted by atomic mass is 16.7. The quantitative estimate of drug-likeness (QED) is 0.657. The highest BCUT2D eigenvalue weighted by Gasteiger charge is 2.44. The average Bonchev–Trinajstić information content (AvgIpc) is 2.59. The van der Waals surface area contributed by atoms with Gasteiger partial charge in [0, 0.05) is 12.3 Å². The second kappa shape index (κ2) is 3.97. The van der Waals surface area contributed by atoms with E-state index in [2.05, 4.69) is 6.92 Å². The van der Waals surface area contributed by atoms with E-state index >= 15 is 0 Å². The van der Waals surface area contributed by atoms with Crippen LogP contribution in [0.5, 0.6) is 0 Å². The minimum absolute atomic E-state index is 0.158. The van der Waals surface area contributed by atoms with Crippen molar-refractivity contribution in [3.63, 3.8) is 0 Å². The first kappa shape index (κ1) is 9.47. The molecule has 0 bridgehead atoms. The van der Waals surface area contributed by atoms with E-state index in [4.69, 9.17) is 9.47 Å². The van der Waals surface area contributed by atoms with Crippen molar-refractivity contribution in [1.29, 1.82) is 0 Å². The van der Waals surface area contributed by atoms with E-state index < -0.39 is 0 Å². The summed E-state index contributed by atoms with van der Waals surface area (Å²) in [6, 6.07) is 0. The van der Waals surface area contributed by atoms with E-state index in [0.29, 0.717) is 5.92 Å². The molecule has 2 fully saturated rings. The summed E-state index contributed by atoms with van der Waals surface area (Å²) < 4.78 is 11.6. The molecule has 2 rings (SSSR count). The van der Waals surface area contributed by atoms with Crippen molar-refractivity contribution in [1.82, 2.24) is 0 Å². The maximum atomic E-state index is 5.82. The Bertz CT molecular complexity index is 159. The minimum Gasteiger partial charge on any atom is -0.347 e. The molecule has 1 atom stereocenters. The molecule has 1 spiro atoms. The van der Waals surface area contributed by atoms with Crippen molar-refractivity contribution in [3.05, 3.63) is 0 Å². The summed E-state index contributed by atoms with van der Waals surface area (Å²) in [6.07, 6.45) is 7.57. The van der Waals surface area contributed by atoms with Crippen LogP contribution < -0.4 is 0 Å². The van der Waals surface area contributed by atoms with Gasteiger partial charge in [-0.25, -0.2) is 0 Å². The number of rotatable bonds is 2. The topological polar surface area (TPSA) is 18.5 Å². The van der Waals surface area contributed by atoms with Gasteiger partial charge in [0.05, 0.1) is 13.2 Å². The summed E-state index contributed by atoms with van der Waals surface area (Å²) in [5.74, 6) is 0.502. The first-order valence-electron chi connectivity index (χ1n) is 5.65. The SMILES string of the molecule is CCCC1CCCCC12OCCO2. The second-order valence-corrected chi connectivity index (χ2v) is 4.24. The molecule has 2 heteroatoms. The predicted octanol–water partition coefficient (Wildman–Crippen LogP) is 2.72. The van der Waals surface area contributed by atoms with E-state index in [1.54, 1.807) is 0 Å². The van der Waals surface area contributed by atoms with Crippen LogP contribution in [0.2, 0.25) is 0 Å². The number of ether oxygens (including phenoxy) is 2. The van der Waals surface area contributed by atoms with Crippen molar-refractivity contribution in [2.24, 2.45) is 5.92 Å². The molecule has 0 radical (unpaired) electrons. The molecule has 0 aromatic carbocycles. The zero-order valence-corrected chi connectivity index (χ0v) is 8.55. The molecular weight excluding hydrogens is 164 g/mol. The van der Waals surface area contributed by atoms with Crippen molar-refractivity contribution >= 4 is 0 Å². The molecule has 1 aliphatic heterocycles. The molecule has 0 aromatic heterocycles. The largest absolute Gasteiger partial charge is 0.347 e. The van der Waals surface area contributed by atoms with E-state index in [-0.39, 0.29) is 5.79 Å². The molecule has 2 nitrogen and oxygen atoms in total. The zero-order valence-electron chi connectivity index (χ0n) is 8.55. The summed E-state index contributed by atoms with van der Waals surface area (Å²) in [5.41, 5.74) is 0. The van der Waals surface area contributed by atoms with Gasteiger partial charge < -0.3 is 9.47 Å². The van der Waals surface area contributed by atoms with Crippen LogP contribution in [0.15, 0.2) is 0 Å². The van der Waals surface area contributed by atoms with Gasteiger partial charge in [-0.05, 0) is 19.3 Å². The second-order valence-electron chi connectivity index (χ2n) is 4.24. The zero-order chi connectivity index (χ0) is 9.15. The highest BCUT2D eigenvalue weighted by Crippen LogP contribution is 2.42. The van der Waals surface area contributed by atoms with Crippen LogP contribution >= 0.6 is 0 Å². The van der Waals surface area contributed by atoms with E-state index in [0.717, 1.165) is 19.6 Å². The Morgan fingerprint density at radius 2 is 2.00 bits per heavy atom. The van der Waals surface area contributed by atoms with Crippen molar-refractivity contribution in [2.75, 3.05) is 13.2 Å². The Hall–Kier alpha value is -0.0800. The standard InChI is InChI=1S/C11H20O2/c1-2-5-10-6-3-4-7-11(10)12-8-9-13-11/h10H,2-9H2,1H3. The predicted molar refractivity (Wildman–Crippen MR) is 51.5 cm³/mol. The van der Waals surface area contributed by atoms with Gasteiger partial charge >= 0.3 is 0 Å². The van der Waals surface area contributed by atoms with E-state index in [9.17, 15) is 0 Å². The lowest BCUT2D eigenvalue weighted by Gasteiger charge is -2.39. The molecule has 0 N–H and O–H groups in total. The Kier molecular flexibility index (Phi) is 2.89. The molecule has 0 amide bonds. The van der Waals surface area contributed by atoms with E-state index in [1.165, 1.54) is 32.1 Å². The van der Waals surface area contributed by atoms with Crippen molar-refractivity contribution in [3.8, 4) is 0 Å². The Balaban J connectivity index is 2.03. The van der Waals surface area contributed by atoms with Gasteiger partial charge in [0.1, 0.15) is 0 Å². The molecule has 1 unspecified atom stereocenters. The molecule has 1 heterocycles. The molecule has 1 saturated heterocycles. The lowest BCUT2D eigenvalue weighted by atomic mass is 9.80. The first-order chi connectivity index (χ1) is 6.37. The third kappa shape index (κ3) is 1.75. The van der Waals surface area contributed by atoms with E-state index in [1.807, 2.05) is 0 Å². The number of hydrogen-bond donors (Lipinski definition) is 0. The van der Waals surface area contributed by atoms with Gasteiger partial charge in [0.25, 0.3) is 0 Å². The van der Waals surface area contributed by atoms with Gasteiger partial charge in [-0.1, -0.05) is 19.8 Å². The fourth-order valence-electron chi connectivity index (χ4n) is 2.75. The number of hydrogen-bond acceptors (Lipinski definition) is 2. The molecular formula is C11H20O2. The smallest absolute Gasteiger partial charge is 0.171 e. The summed E-state index contributed by atoms with van der Waals surface area (Å²) in [5, 5.41) is 0. The fourth-order valence-corrected chi connectivity index (χ4v) is 2.75. The van der Waals surface area contributed by atoms with Crippen LogP contribution in [-0.2, 0) is 9.47 Å². The molecule has 1 saturated carbocycles. The molecule has 76 valence electrons. The van der Waals surface area contributed by atoms with Crippen molar-refractivity contribution in [2.45, 2.75) is 51.2 Å². The summed E-state index contributed by atoms with van der Waals surface area (Å²) in [7, 11) is 0. The Labute approximate surface area is 80.6 Å². The normalized spacial score (nSPS) is 32.5. The van der Waals surface area contributed by atoms with Crippen LogP contribution in [0.3, 0.4) is 0 Å². The fraction of sp³-hybridized carbons (Fsp3) is 1.00. The van der Waals surface area contributed by atoms with Gasteiger partial charge in [-0.2, -0.15) is 0 Å². The van der Waals surface area contributed by atoms with Gasteiger partial charge in [-0.15, -0.1) is 0 Å². The van der Waals surface area contributed by atoms with Gasteiger partial charge in [-0.3, -0.25) is 0 Å². The molecule has 1 aliphatic carbocycles. The Morgan fingerprint density at radius 3 is 2.69 bits per heavy atom. The molecule has 13 heavy (non-hydrogen) atoms. The third-order valence-corrected chi connectivity index (χ3v) is 3.36.